The number of esters is 1. The number of carbonyl (C=O) groups is 1. The van der Waals surface area contributed by atoms with E-state index in [1.54, 1.807) is 0 Å². The van der Waals surface area contributed by atoms with Crippen LogP contribution in [0.2, 0.25) is 0 Å². The Morgan fingerprint density at radius 1 is 0.897 bits per heavy atom. The van der Waals surface area contributed by atoms with Crippen LogP contribution in [0.1, 0.15) is 118 Å². The summed E-state index contributed by atoms with van der Waals surface area (Å²) in [6.45, 7) is 10.4. The maximum Gasteiger partial charge on any atom is 0.309 e. The summed E-state index contributed by atoms with van der Waals surface area (Å²) < 4.78 is 5.80. The van der Waals surface area contributed by atoms with Gasteiger partial charge < -0.3 is 9.84 Å². The van der Waals surface area contributed by atoms with E-state index >= 15 is 0 Å². The monoisotopic (exact) mass is 408 g/mol. The number of ether oxygens (including phenoxy) is 1. The predicted octanol–water partition coefficient (Wildman–Crippen LogP) is 6.91. The molecule has 29 heavy (non-hydrogen) atoms. The highest BCUT2D eigenvalue weighted by Crippen LogP contribution is 2.39. The van der Waals surface area contributed by atoms with E-state index in [0.29, 0.717) is 11.8 Å². The number of hydrogen-bond donors (Lipinski definition) is 1. The molecule has 0 aromatic heterocycles. The quantitative estimate of drug-likeness (QED) is 0.422. The molecule has 0 amide bonds. The minimum atomic E-state index is -0.438. The van der Waals surface area contributed by atoms with E-state index < -0.39 is 5.60 Å². The highest BCUT2D eigenvalue weighted by atomic mass is 16.6. The first-order chi connectivity index (χ1) is 13.7. The fourth-order valence-electron chi connectivity index (χ4n) is 5.78. The Balaban J connectivity index is 1.90. The van der Waals surface area contributed by atoms with Gasteiger partial charge in [0.15, 0.2) is 0 Å². The normalized spacial score (nSPS) is 30.6. The second-order valence-electron chi connectivity index (χ2n) is 11.0. The molecule has 0 spiro atoms. The molecule has 0 aromatic carbocycles. The standard InChI is InChI=1S/C26H48O3/c1-6-8-20-11-15-22(16-12-20)24(27)18-17-23(25(28)29-26(3,4)5)21-13-9-19(7-2)10-14-21/h19-24,27H,6-18H2,1-5H3. The molecule has 2 fully saturated rings. The van der Waals surface area contributed by atoms with Crippen molar-refractivity contribution in [1.82, 2.24) is 0 Å². The fourth-order valence-corrected chi connectivity index (χ4v) is 5.78. The van der Waals surface area contributed by atoms with Crippen LogP contribution in [-0.2, 0) is 9.53 Å². The zero-order chi connectivity index (χ0) is 21.4. The van der Waals surface area contributed by atoms with Gasteiger partial charge in [0.1, 0.15) is 5.60 Å². The Kier molecular flexibility index (Phi) is 9.98. The van der Waals surface area contributed by atoms with Crippen LogP contribution >= 0.6 is 0 Å². The Bertz CT molecular complexity index is 465. The van der Waals surface area contributed by atoms with Crippen molar-refractivity contribution in [3.63, 3.8) is 0 Å². The molecule has 2 unspecified atom stereocenters. The van der Waals surface area contributed by atoms with Crippen LogP contribution in [0.15, 0.2) is 0 Å². The first-order valence-electron chi connectivity index (χ1n) is 12.6. The van der Waals surface area contributed by atoms with E-state index in [4.69, 9.17) is 4.74 Å². The van der Waals surface area contributed by atoms with Gasteiger partial charge in [0.25, 0.3) is 0 Å². The first kappa shape index (κ1) is 24.7. The van der Waals surface area contributed by atoms with Crippen LogP contribution in [0.4, 0.5) is 0 Å². The van der Waals surface area contributed by atoms with Gasteiger partial charge in [-0.3, -0.25) is 4.79 Å². The summed E-state index contributed by atoms with van der Waals surface area (Å²) in [6.07, 6.45) is 14.8. The number of hydrogen-bond acceptors (Lipinski definition) is 3. The van der Waals surface area contributed by atoms with Gasteiger partial charge in [-0.05, 0) is 83.0 Å². The van der Waals surface area contributed by atoms with E-state index in [1.165, 1.54) is 44.9 Å². The molecule has 2 atom stereocenters. The number of rotatable bonds is 9. The molecular formula is C26H48O3. The summed E-state index contributed by atoms with van der Waals surface area (Å²) in [4.78, 5) is 13.0. The lowest BCUT2D eigenvalue weighted by molar-refractivity contribution is -0.163. The molecule has 170 valence electrons. The van der Waals surface area contributed by atoms with Gasteiger partial charge in [-0.15, -0.1) is 0 Å². The third kappa shape index (κ3) is 8.23. The van der Waals surface area contributed by atoms with E-state index in [1.807, 2.05) is 20.8 Å². The predicted molar refractivity (Wildman–Crippen MR) is 121 cm³/mol. The number of aliphatic hydroxyl groups is 1. The number of aliphatic hydroxyl groups excluding tert-OH is 1. The zero-order valence-electron chi connectivity index (χ0n) is 19.9. The highest BCUT2D eigenvalue weighted by Gasteiger charge is 2.35. The molecule has 0 saturated heterocycles. The Hall–Kier alpha value is -0.570. The van der Waals surface area contributed by atoms with Crippen molar-refractivity contribution in [1.29, 1.82) is 0 Å². The Labute approximate surface area is 180 Å². The number of carbonyl (C=O) groups excluding carboxylic acids is 1. The van der Waals surface area contributed by atoms with Gasteiger partial charge in [0.2, 0.25) is 0 Å². The van der Waals surface area contributed by atoms with Crippen LogP contribution in [0.3, 0.4) is 0 Å². The summed E-state index contributed by atoms with van der Waals surface area (Å²) in [7, 11) is 0. The SMILES string of the molecule is CCCC1CCC(C(O)CCC(C(=O)OC(C)(C)C)C2CCC(CC)CC2)CC1. The van der Waals surface area contributed by atoms with Gasteiger partial charge in [0, 0.05) is 0 Å². The largest absolute Gasteiger partial charge is 0.460 e. The van der Waals surface area contributed by atoms with Crippen molar-refractivity contribution in [2.24, 2.45) is 29.6 Å². The van der Waals surface area contributed by atoms with Gasteiger partial charge >= 0.3 is 5.97 Å². The maximum absolute atomic E-state index is 13.0. The Morgan fingerprint density at radius 2 is 1.45 bits per heavy atom. The molecule has 3 heteroatoms. The second-order valence-corrected chi connectivity index (χ2v) is 11.0. The maximum atomic E-state index is 13.0. The summed E-state index contributed by atoms with van der Waals surface area (Å²) in [5.41, 5.74) is -0.438. The van der Waals surface area contributed by atoms with Crippen molar-refractivity contribution in [3.8, 4) is 0 Å². The minimum absolute atomic E-state index is 0.0312. The van der Waals surface area contributed by atoms with E-state index in [9.17, 15) is 9.90 Å². The van der Waals surface area contributed by atoms with Crippen molar-refractivity contribution in [2.75, 3.05) is 0 Å². The van der Waals surface area contributed by atoms with Gasteiger partial charge in [-0.25, -0.2) is 0 Å². The fraction of sp³-hybridized carbons (Fsp3) is 0.962. The molecule has 2 rings (SSSR count). The lowest BCUT2D eigenvalue weighted by Gasteiger charge is -2.35. The molecule has 0 aliphatic heterocycles. The minimum Gasteiger partial charge on any atom is -0.460 e. The first-order valence-corrected chi connectivity index (χ1v) is 12.6. The van der Waals surface area contributed by atoms with Crippen molar-refractivity contribution < 1.29 is 14.6 Å². The summed E-state index contributed by atoms with van der Waals surface area (Å²) in [6, 6.07) is 0. The molecule has 0 aromatic rings. The lowest BCUT2D eigenvalue weighted by atomic mass is 9.72. The lowest BCUT2D eigenvalue weighted by Crippen LogP contribution is -2.35. The van der Waals surface area contributed by atoms with E-state index in [-0.39, 0.29) is 18.0 Å². The van der Waals surface area contributed by atoms with Crippen molar-refractivity contribution >= 4 is 5.97 Å². The van der Waals surface area contributed by atoms with Gasteiger partial charge in [-0.1, -0.05) is 58.8 Å². The van der Waals surface area contributed by atoms with Gasteiger partial charge in [-0.2, -0.15) is 0 Å². The summed E-state index contributed by atoms with van der Waals surface area (Å²) in [5, 5.41) is 10.9. The second kappa shape index (κ2) is 11.7. The van der Waals surface area contributed by atoms with Gasteiger partial charge in [0.05, 0.1) is 12.0 Å². The molecule has 3 nitrogen and oxygen atoms in total. The topological polar surface area (TPSA) is 46.5 Å². The van der Waals surface area contributed by atoms with Crippen LogP contribution in [-0.4, -0.2) is 22.8 Å². The van der Waals surface area contributed by atoms with Crippen molar-refractivity contribution in [2.45, 2.75) is 130 Å². The average Bonchev–Trinajstić information content (AvgIpc) is 2.68. The van der Waals surface area contributed by atoms with Crippen LogP contribution < -0.4 is 0 Å². The molecule has 0 bridgehead atoms. The average molecular weight is 409 g/mol. The summed E-state index contributed by atoms with van der Waals surface area (Å²) >= 11 is 0. The molecule has 2 aliphatic carbocycles. The van der Waals surface area contributed by atoms with Crippen molar-refractivity contribution in [3.05, 3.63) is 0 Å². The molecule has 0 radical (unpaired) electrons. The third-order valence-electron chi connectivity index (χ3n) is 7.65. The van der Waals surface area contributed by atoms with E-state index in [2.05, 4.69) is 13.8 Å². The zero-order valence-corrected chi connectivity index (χ0v) is 19.9. The van der Waals surface area contributed by atoms with Crippen LogP contribution in [0.5, 0.6) is 0 Å². The molecule has 1 N–H and O–H groups in total. The van der Waals surface area contributed by atoms with E-state index in [0.717, 1.165) is 50.4 Å². The summed E-state index contributed by atoms with van der Waals surface area (Å²) in [5.74, 6) is 2.48. The smallest absolute Gasteiger partial charge is 0.309 e. The Morgan fingerprint density at radius 3 is 1.97 bits per heavy atom. The highest BCUT2D eigenvalue weighted by molar-refractivity contribution is 5.73. The molecule has 0 heterocycles. The van der Waals surface area contributed by atoms with Crippen LogP contribution in [0, 0.1) is 29.6 Å². The molecule has 2 saturated carbocycles. The molecular weight excluding hydrogens is 360 g/mol. The molecule has 2 aliphatic rings. The third-order valence-corrected chi connectivity index (χ3v) is 7.65. The van der Waals surface area contributed by atoms with Crippen LogP contribution in [0.25, 0.3) is 0 Å².